The summed E-state index contributed by atoms with van der Waals surface area (Å²) in [4.78, 5) is 2.27. The van der Waals surface area contributed by atoms with Gasteiger partial charge in [0.1, 0.15) is 0 Å². The Morgan fingerprint density at radius 3 is 2.85 bits per heavy atom. The number of rotatable bonds is 5. The maximum Gasteiger partial charge on any atom is 0.0506 e. The van der Waals surface area contributed by atoms with Crippen LogP contribution in [-0.2, 0) is 4.74 Å². The van der Waals surface area contributed by atoms with Gasteiger partial charge in [-0.2, -0.15) is 0 Å². The monoisotopic (exact) mass is 316 g/mol. The van der Waals surface area contributed by atoms with Crippen molar-refractivity contribution < 1.29 is 4.74 Å². The molecule has 3 nitrogen and oxygen atoms in total. The number of ether oxygens (including phenoxy) is 1. The van der Waals surface area contributed by atoms with Gasteiger partial charge in [0.15, 0.2) is 0 Å². The van der Waals surface area contributed by atoms with E-state index >= 15 is 0 Å². The third-order valence-electron chi connectivity index (χ3n) is 3.88. The molecule has 2 unspecified atom stereocenters. The molecule has 0 aromatic heterocycles. The fourth-order valence-corrected chi connectivity index (χ4v) is 3.34. The highest BCUT2D eigenvalue weighted by Gasteiger charge is 2.22. The highest BCUT2D eigenvalue weighted by atomic mass is 35.5. The molecule has 20 heavy (non-hydrogen) atoms. The van der Waals surface area contributed by atoms with E-state index < -0.39 is 0 Å². The standard InChI is InChI=1S/C15H22Cl2N2O/c1-19(9-11-3-2-6-20-10-11)15(8-18)13-5-4-12(16)7-14(13)17/h4-5,7,11,15H,2-3,6,8-10,18H2,1H3. The van der Waals surface area contributed by atoms with Crippen molar-refractivity contribution in [3.8, 4) is 0 Å². The molecule has 1 aliphatic rings. The van der Waals surface area contributed by atoms with Gasteiger partial charge in [0.25, 0.3) is 0 Å². The number of nitrogens with zero attached hydrogens (tertiary/aromatic N) is 1. The lowest BCUT2D eigenvalue weighted by Gasteiger charge is -2.32. The van der Waals surface area contributed by atoms with Crippen molar-refractivity contribution in [3.05, 3.63) is 33.8 Å². The van der Waals surface area contributed by atoms with E-state index in [4.69, 9.17) is 33.7 Å². The van der Waals surface area contributed by atoms with Crippen LogP contribution in [-0.4, -0.2) is 38.3 Å². The molecule has 1 aromatic carbocycles. The summed E-state index contributed by atoms with van der Waals surface area (Å²) in [5.74, 6) is 0.578. The fraction of sp³-hybridized carbons (Fsp3) is 0.600. The Morgan fingerprint density at radius 2 is 2.25 bits per heavy atom. The van der Waals surface area contributed by atoms with E-state index in [2.05, 4.69) is 11.9 Å². The zero-order chi connectivity index (χ0) is 14.5. The molecule has 2 N–H and O–H groups in total. The topological polar surface area (TPSA) is 38.5 Å². The maximum absolute atomic E-state index is 6.30. The van der Waals surface area contributed by atoms with Crippen LogP contribution in [0.3, 0.4) is 0 Å². The second-order valence-electron chi connectivity index (χ2n) is 5.44. The summed E-state index contributed by atoms with van der Waals surface area (Å²) in [7, 11) is 2.09. The molecule has 0 aliphatic carbocycles. The molecule has 1 aromatic rings. The first kappa shape index (κ1) is 16.1. The van der Waals surface area contributed by atoms with Gasteiger partial charge in [0.05, 0.1) is 6.61 Å². The molecular formula is C15H22Cl2N2O. The lowest BCUT2D eigenvalue weighted by atomic mass is 9.99. The predicted octanol–water partition coefficient (Wildman–Crippen LogP) is 3.35. The van der Waals surface area contributed by atoms with E-state index in [1.165, 1.54) is 6.42 Å². The van der Waals surface area contributed by atoms with E-state index in [0.29, 0.717) is 22.5 Å². The van der Waals surface area contributed by atoms with Crippen LogP contribution >= 0.6 is 23.2 Å². The Morgan fingerprint density at radius 1 is 1.45 bits per heavy atom. The Labute approximate surface area is 131 Å². The first-order valence-electron chi connectivity index (χ1n) is 7.04. The largest absolute Gasteiger partial charge is 0.381 e. The lowest BCUT2D eigenvalue weighted by Crippen LogP contribution is -2.36. The van der Waals surface area contributed by atoms with Crippen LogP contribution in [0.5, 0.6) is 0 Å². The number of hydrogen-bond donors (Lipinski definition) is 1. The molecule has 5 heteroatoms. The van der Waals surface area contributed by atoms with Gasteiger partial charge in [-0.3, -0.25) is 4.90 Å². The molecule has 0 amide bonds. The maximum atomic E-state index is 6.30. The average Bonchev–Trinajstić information content (AvgIpc) is 2.43. The molecule has 1 saturated heterocycles. The zero-order valence-corrected chi connectivity index (χ0v) is 13.3. The number of nitrogens with two attached hydrogens (primary N) is 1. The van der Waals surface area contributed by atoms with Crippen LogP contribution in [0.1, 0.15) is 24.4 Å². The van der Waals surface area contributed by atoms with E-state index in [1.807, 2.05) is 12.1 Å². The minimum Gasteiger partial charge on any atom is -0.381 e. The molecule has 1 aliphatic heterocycles. The normalized spacial score (nSPS) is 21.1. The fourth-order valence-electron chi connectivity index (χ4n) is 2.80. The van der Waals surface area contributed by atoms with Crippen molar-refractivity contribution in [2.24, 2.45) is 11.7 Å². The van der Waals surface area contributed by atoms with Crippen molar-refractivity contribution >= 4 is 23.2 Å². The zero-order valence-electron chi connectivity index (χ0n) is 11.8. The molecule has 2 rings (SSSR count). The van der Waals surface area contributed by atoms with E-state index in [0.717, 1.165) is 31.7 Å². The smallest absolute Gasteiger partial charge is 0.0506 e. The van der Waals surface area contributed by atoms with Gasteiger partial charge < -0.3 is 10.5 Å². The van der Waals surface area contributed by atoms with Crippen LogP contribution in [0.2, 0.25) is 10.0 Å². The van der Waals surface area contributed by atoms with E-state index in [-0.39, 0.29) is 6.04 Å². The average molecular weight is 317 g/mol. The molecule has 2 atom stereocenters. The highest BCUT2D eigenvalue weighted by Crippen LogP contribution is 2.29. The molecule has 1 fully saturated rings. The van der Waals surface area contributed by atoms with Crippen molar-refractivity contribution in [2.75, 3.05) is 33.4 Å². The molecule has 1 heterocycles. The molecule has 0 radical (unpaired) electrons. The van der Waals surface area contributed by atoms with Crippen molar-refractivity contribution in [2.45, 2.75) is 18.9 Å². The summed E-state index contributed by atoms with van der Waals surface area (Å²) in [5.41, 5.74) is 6.99. The van der Waals surface area contributed by atoms with Crippen LogP contribution < -0.4 is 5.73 Å². The molecule has 112 valence electrons. The van der Waals surface area contributed by atoms with Gasteiger partial charge in [-0.25, -0.2) is 0 Å². The molecule has 0 spiro atoms. The summed E-state index contributed by atoms with van der Waals surface area (Å²) in [6, 6.07) is 5.72. The summed E-state index contributed by atoms with van der Waals surface area (Å²) >= 11 is 12.3. The first-order chi connectivity index (χ1) is 9.61. The molecule has 0 saturated carbocycles. The summed E-state index contributed by atoms with van der Waals surface area (Å²) in [6.45, 7) is 3.24. The van der Waals surface area contributed by atoms with Crippen LogP contribution in [0.25, 0.3) is 0 Å². The number of benzene rings is 1. The number of hydrogen-bond acceptors (Lipinski definition) is 3. The van der Waals surface area contributed by atoms with Crippen LogP contribution in [0.4, 0.5) is 0 Å². The molecular weight excluding hydrogens is 295 g/mol. The van der Waals surface area contributed by atoms with Crippen molar-refractivity contribution in [1.82, 2.24) is 4.90 Å². The number of halogens is 2. The van der Waals surface area contributed by atoms with Crippen LogP contribution in [0.15, 0.2) is 18.2 Å². The Hall–Kier alpha value is -0.320. The Bertz CT molecular complexity index is 436. The SMILES string of the molecule is CN(CC1CCCOC1)C(CN)c1ccc(Cl)cc1Cl. The lowest BCUT2D eigenvalue weighted by molar-refractivity contribution is 0.0365. The minimum atomic E-state index is 0.113. The minimum absolute atomic E-state index is 0.113. The molecule has 0 bridgehead atoms. The summed E-state index contributed by atoms with van der Waals surface area (Å²) in [5, 5.41) is 1.33. The number of likely N-dealkylation sites (N-methyl/N-ethyl adjacent to an activating group) is 1. The highest BCUT2D eigenvalue weighted by molar-refractivity contribution is 6.35. The second kappa shape index (κ2) is 7.62. The van der Waals surface area contributed by atoms with Gasteiger partial charge in [-0.1, -0.05) is 29.3 Å². The van der Waals surface area contributed by atoms with Crippen molar-refractivity contribution in [1.29, 1.82) is 0 Å². The van der Waals surface area contributed by atoms with Crippen molar-refractivity contribution in [3.63, 3.8) is 0 Å². The Balaban J connectivity index is 2.06. The quantitative estimate of drug-likeness (QED) is 0.905. The third-order valence-corrected chi connectivity index (χ3v) is 4.44. The summed E-state index contributed by atoms with van der Waals surface area (Å²) < 4.78 is 5.54. The Kier molecular flexibility index (Phi) is 6.12. The van der Waals surface area contributed by atoms with Gasteiger partial charge in [0.2, 0.25) is 0 Å². The summed E-state index contributed by atoms with van der Waals surface area (Å²) in [6.07, 6.45) is 2.36. The van der Waals surface area contributed by atoms with E-state index in [9.17, 15) is 0 Å². The van der Waals surface area contributed by atoms with E-state index in [1.54, 1.807) is 6.07 Å². The predicted molar refractivity (Wildman–Crippen MR) is 84.4 cm³/mol. The van der Waals surface area contributed by atoms with Gasteiger partial charge >= 0.3 is 0 Å². The second-order valence-corrected chi connectivity index (χ2v) is 6.28. The van der Waals surface area contributed by atoms with Gasteiger partial charge in [-0.15, -0.1) is 0 Å². The first-order valence-corrected chi connectivity index (χ1v) is 7.80. The van der Waals surface area contributed by atoms with Gasteiger partial charge in [-0.05, 0) is 43.5 Å². The van der Waals surface area contributed by atoms with Crippen LogP contribution in [0, 0.1) is 5.92 Å². The third kappa shape index (κ3) is 4.09. The van der Waals surface area contributed by atoms with Gasteiger partial charge in [0, 0.05) is 35.8 Å².